The number of anilines is 1. The van der Waals surface area contributed by atoms with E-state index in [4.69, 9.17) is 9.72 Å². The molecule has 0 saturated heterocycles. The van der Waals surface area contributed by atoms with E-state index in [0.717, 1.165) is 38.4 Å². The van der Waals surface area contributed by atoms with Gasteiger partial charge in [0.15, 0.2) is 6.61 Å². The molecule has 1 aromatic heterocycles. The Bertz CT molecular complexity index is 1590. The number of benzene rings is 3. The summed E-state index contributed by atoms with van der Waals surface area (Å²) in [6, 6.07) is 16.8. The molecule has 4 aromatic rings. The van der Waals surface area contributed by atoms with Crippen LogP contribution in [0.25, 0.3) is 10.9 Å². The van der Waals surface area contributed by atoms with Crippen LogP contribution in [0.4, 0.5) is 10.1 Å². The highest BCUT2D eigenvalue weighted by Gasteiger charge is 2.22. The Morgan fingerprint density at radius 2 is 1.82 bits per heavy atom. The topological polar surface area (TPSA) is 85.6 Å². The van der Waals surface area contributed by atoms with Crippen LogP contribution in [-0.4, -0.2) is 28.4 Å². The van der Waals surface area contributed by atoms with E-state index in [-0.39, 0.29) is 18.1 Å². The average molecular weight is 750 g/mol. The molecular weight excluding hydrogens is 725 g/mol. The van der Waals surface area contributed by atoms with Crippen molar-refractivity contribution >= 4 is 73.9 Å². The van der Waals surface area contributed by atoms with Gasteiger partial charge in [-0.15, -0.1) is 0 Å². The van der Waals surface area contributed by atoms with E-state index < -0.39 is 11.7 Å². The molecule has 1 aliphatic carbocycles. The molecule has 1 aliphatic rings. The molecule has 0 bridgehead atoms. The molecule has 10 heteroatoms. The highest BCUT2D eigenvalue weighted by molar-refractivity contribution is 14.1. The fourth-order valence-electron chi connectivity index (χ4n) is 4.69. The Balaban J connectivity index is 1.37. The SMILES string of the molecule is O=C(COc1c(I)cc(C=Nn2c(C3CCCCC3)nc3ccccc3c2=O)cc1I)Nc1cccc(F)c1. The fourth-order valence-corrected chi connectivity index (χ4v) is 6.82. The van der Waals surface area contributed by atoms with Gasteiger partial charge in [0, 0.05) is 11.6 Å². The van der Waals surface area contributed by atoms with Crippen LogP contribution in [-0.2, 0) is 4.79 Å². The highest BCUT2D eigenvalue weighted by Crippen LogP contribution is 2.32. The molecule has 1 saturated carbocycles. The van der Waals surface area contributed by atoms with Crippen LogP contribution in [0.3, 0.4) is 0 Å². The minimum atomic E-state index is -0.428. The van der Waals surface area contributed by atoms with Gasteiger partial charge in [-0.05, 0) is 106 Å². The van der Waals surface area contributed by atoms with Gasteiger partial charge in [0.05, 0.1) is 24.3 Å². The third-order valence-electron chi connectivity index (χ3n) is 6.55. The maximum absolute atomic E-state index is 13.4. The minimum Gasteiger partial charge on any atom is -0.482 e. The molecule has 1 amide bonds. The van der Waals surface area contributed by atoms with Gasteiger partial charge in [-0.25, -0.2) is 9.37 Å². The fraction of sp³-hybridized carbons (Fsp3) is 0.241. The number of halogens is 3. The summed E-state index contributed by atoms with van der Waals surface area (Å²) < 4.78 is 22.2. The van der Waals surface area contributed by atoms with E-state index >= 15 is 0 Å². The van der Waals surface area contributed by atoms with E-state index in [1.54, 1.807) is 18.3 Å². The van der Waals surface area contributed by atoms with Crippen molar-refractivity contribution in [3.8, 4) is 5.75 Å². The molecule has 1 heterocycles. The standard InChI is InChI=1S/C29H25FI2N4O3/c30-20-9-6-10-21(15-20)34-26(37)17-39-27-23(31)13-18(14-24(27)32)16-33-36-28(19-7-2-1-3-8-19)35-25-12-5-4-11-22(25)29(36)38/h4-6,9-16,19H,1-3,7-8,17H2,(H,34,37). The number of carbonyl (C=O) groups excluding carboxylic acids is 1. The lowest BCUT2D eigenvalue weighted by Gasteiger charge is -2.22. The zero-order valence-corrected chi connectivity index (χ0v) is 25.2. The Morgan fingerprint density at radius 1 is 1.08 bits per heavy atom. The highest BCUT2D eigenvalue weighted by atomic mass is 127. The Morgan fingerprint density at radius 3 is 2.56 bits per heavy atom. The molecule has 0 unspecified atom stereocenters. The van der Waals surface area contributed by atoms with Gasteiger partial charge in [-0.1, -0.05) is 37.5 Å². The number of carbonyl (C=O) groups is 1. The van der Waals surface area contributed by atoms with Crippen LogP contribution in [0.1, 0.15) is 49.4 Å². The average Bonchev–Trinajstić information content (AvgIpc) is 2.92. The summed E-state index contributed by atoms with van der Waals surface area (Å²) in [6.07, 6.45) is 7.10. The molecule has 200 valence electrons. The Hall–Kier alpha value is -2.87. The van der Waals surface area contributed by atoms with Gasteiger partial charge in [0.1, 0.15) is 17.4 Å². The summed E-state index contributed by atoms with van der Waals surface area (Å²) in [4.78, 5) is 30.6. The van der Waals surface area contributed by atoms with E-state index in [1.807, 2.05) is 30.3 Å². The van der Waals surface area contributed by atoms with Crippen LogP contribution in [0, 0.1) is 13.0 Å². The number of amides is 1. The number of hydrogen-bond acceptors (Lipinski definition) is 5. The van der Waals surface area contributed by atoms with Gasteiger partial charge < -0.3 is 10.1 Å². The molecule has 39 heavy (non-hydrogen) atoms. The maximum atomic E-state index is 13.4. The molecule has 5 rings (SSSR count). The number of fused-ring (bicyclic) bond motifs is 1. The predicted octanol–water partition coefficient (Wildman–Crippen LogP) is 6.69. The summed E-state index contributed by atoms with van der Waals surface area (Å²) >= 11 is 4.29. The quantitative estimate of drug-likeness (QED) is 0.169. The summed E-state index contributed by atoms with van der Waals surface area (Å²) in [5.41, 5.74) is 1.67. The van der Waals surface area contributed by atoms with Crippen LogP contribution in [0.2, 0.25) is 0 Å². The Labute approximate surface area is 252 Å². The smallest absolute Gasteiger partial charge is 0.282 e. The third-order valence-corrected chi connectivity index (χ3v) is 8.15. The monoisotopic (exact) mass is 750 g/mol. The number of rotatable bonds is 7. The van der Waals surface area contributed by atoms with Crippen LogP contribution in [0.5, 0.6) is 5.75 Å². The van der Waals surface area contributed by atoms with Crippen molar-refractivity contribution in [2.45, 2.75) is 38.0 Å². The molecule has 7 nitrogen and oxygen atoms in total. The first kappa shape index (κ1) is 27.7. The molecular formula is C29H25FI2N4O3. The molecule has 0 spiro atoms. The predicted molar refractivity (Wildman–Crippen MR) is 167 cm³/mol. The molecule has 0 atom stereocenters. The van der Waals surface area contributed by atoms with E-state index in [1.165, 1.54) is 29.3 Å². The maximum Gasteiger partial charge on any atom is 0.282 e. The van der Waals surface area contributed by atoms with Gasteiger partial charge in [0.2, 0.25) is 0 Å². The third kappa shape index (κ3) is 6.65. The second-order valence-electron chi connectivity index (χ2n) is 9.34. The summed E-state index contributed by atoms with van der Waals surface area (Å²) in [5.74, 6) is 0.653. The summed E-state index contributed by atoms with van der Waals surface area (Å²) in [6.45, 7) is -0.223. The van der Waals surface area contributed by atoms with Crippen molar-refractivity contribution in [3.63, 3.8) is 0 Å². The van der Waals surface area contributed by atoms with Crippen molar-refractivity contribution in [2.24, 2.45) is 5.10 Å². The first-order valence-electron chi connectivity index (χ1n) is 12.6. The van der Waals surface area contributed by atoms with Crippen molar-refractivity contribution in [1.82, 2.24) is 9.66 Å². The lowest BCUT2D eigenvalue weighted by molar-refractivity contribution is -0.118. The molecule has 1 N–H and O–H groups in total. The van der Waals surface area contributed by atoms with Gasteiger partial charge >= 0.3 is 0 Å². The van der Waals surface area contributed by atoms with Gasteiger partial charge in [0.25, 0.3) is 11.5 Å². The first-order chi connectivity index (χ1) is 18.9. The normalized spacial score (nSPS) is 14.1. The second kappa shape index (κ2) is 12.5. The number of hydrogen-bond donors (Lipinski definition) is 1. The first-order valence-corrected chi connectivity index (χ1v) is 14.8. The largest absolute Gasteiger partial charge is 0.482 e. The molecule has 1 fully saturated rings. The number of nitrogens with one attached hydrogen (secondary N) is 1. The summed E-state index contributed by atoms with van der Waals surface area (Å²) in [5, 5.41) is 7.78. The molecule has 0 radical (unpaired) electrons. The van der Waals surface area contributed by atoms with Crippen molar-refractivity contribution in [2.75, 3.05) is 11.9 Å². The minimum absolute atomic E-state index is 0.175. The zero-order valence-electron chi connectivity index (χ0n) is 20.9. The van der Waals surface area contributed by atoms with Gasteiger partial charge in [-0.2, -0.15) is 9.78 Å². The van der Waals surface area contributed by atoms with E-state index in [9.17, 15) is 14.0 Å². The van der Waals surface area contributed by atoms with E-state index in [0.29, 0.717) is 28.2 Å². The molecule has 3 aromatic carbocycles. The Kier molecular flexibility index (Phi) is 8.90. The van der Waals surface area contributed by atoms with Gasteiger partial charge in [-0.3, -0.25) is 9.59 Å². The van der Waals surface area contributed by atoms with Crippen molar-refractivity contribution in [1.29, 1.82) is 0 Å². The molecule has 0 aliphatic heterocycles. The lowest BCUT2D eigenvalue weighted by Crippen LogP contribution is -2.25. The van der Waals surface area contributed by atoms with Crippen LogP contribution >= 0.6 is 45.2 Å². The summed E-state index contributed by atoms with van der Waals surface area (Å²) in [7, 11) is 0. The van der Waals surface area contributed by atoms with Crippen molar-refractivity contribution in [3.05, 3.63) is 95.4 Å². The number of para-hydroxylation sites is 1. The number of aromatic nitrogens is 2. The second-order valence-corrected chi connectivity index (χ2v) is 11.7. The zero-order chi connectivity index (χ0) is 27.4. The van der Waals surface area contributed by atoms with Crippen molar-refractivity contribution < 1.29 is 13.9 Å². The van der Waals surface area contributed by atoms with Crippen LogP contribution < -0.4 is 15.6 Å². The lowest BCUT2D eigenvalue weighted by atomic mass is 9.88. The number of nitrogens with zero attached hydrogens (tertiary/aromatic N) is 3. The van der Waals surface area contributed by atoms with Crippen LogP contribution in [0.15, 0.2) is 70.6 Å². The van der Waals surface area contributed by atoms with E-state index in [2.05, 4.69) is 55.6 Å². The number of ether oxygens (including phenoxy) is 1.